The number of carbonyl (C=O) groups is 1. The van der Waals surface area contributed by atoms with Crippen molar-refractivity contribution in [3.63, 3.8) is 0 Å². The molecule has 0 spiro atoms. The normalized spacial score (nSPS) is 29.5. The van der Waals surface area contributed by atoms with Crippen LogP contribution in [0.3, 0.4) is 0 Å². The Morgan fingerprint density at radius 3 is 3.00 bits per heavy atom. The zero-order chi connectivity index (χ0) is 13.2. The molecule has 0 aromatic carbocycles. The molecule has 0 aromatic rings. The highest BCUT2D eigenvalue weighted by atomic mass is 35.5. The summed E-state index contributed by atoms with van der Waals surface area (Å²) < 4.78 is 17.1. The van der Waals surface area contributed by atoms with E-state index < -0.39 is 0 Å². The number of allylic oxidation sites excluding steroid dienone is 3. The smallest absolute Gasteiger partial charge is 0.228 e. The summed E-state index contributed by atoms with van der Waals surface area (Å²) in [6.45, 7) is 1.85. The van der Waals surface area contributed by atoms with Crippen LogP contribution in [0.5, 0.6) is 0 Å². The van der Waals surface area contributed by atoms with Crippen molar-refractivity contribution in [2.75, 3.05) is 19.8 Å². The number of halogens is 1. The molecule has 0 N–H and O–H groups in total. The van der Waals surface area contributed by atoms with Gasteiger partial charge in [0.05, 0.1) is 12.5 Å². The second-order valence-electron chi connectivity index (χ2n) is 5.29. The minimum atomic E-state index is -0.362. The van der Waals surface area contributed by atoms with Gasteiger partial charge in [0.25, 0.3) is 0 Å². The maximum absolute atomic E-state index is 11.2. The Bertz CT molecular complexity index is 425. The molecule has 1 saturated carbocycles. The van der Waals surface area contributed by atoms with Crippen molar-refractivity contribution in [1.29, 1.82) is 0 Å². The first-order chi connectivity index (χ1) is 9.22. The van der Waals surface area contributed by atoms with E-state index in [4.69, 9.17) is 25.8 Å². The highest BCUT2D eigenvalue weighted by Crippen LogP contribution is 2.32. The Hall–Kier alpha value is -1.00. The minimum absolute atomic E-state index is 0.0879. The van der Waals surface area contributed by atoms with E-state index in [9.17, 15) is 4.79 Å². The molecule has 1 aliphatic heterocycles. The molecule has 0 amide bonds. The molecule has 2 atom stereocenters. The van der Waals surface area contributed by atoms with Crippen molar-refractivity contribution < 1.29 is 19.0 Å². The highest BCUT2D eigenvalue weighted by Gasteiger charge is 2.30. The van der Waals surface area contributed by atoms with Gasteiger partial charge in [-0.05, 0) is 36.4 Å². The van der Waals surface area contributed by atoms with Crippen molar-refractivity contribution >= 4 is 16.8 Å². The van der Waals surface area contributed by atoms with Gasteiger partial charge in [0.1, 0.15) is 12.4 Å². The quantitative estimate of drug-likeness (QED) is 0.727. The lowest BCUT2D eigenvalue weighted by molar-refractivity contribution is -0.114. The predicted octanol–water partition coefficient (Wildman–Crippen LogP) is 2.38. The lowest BCUT2D eigenvalue weighted by Crippen LogP contribution is -2.31. The van der Waals surface area contributed by atoms with Gasteiger partial charge in [-0.25, -0.2) is 0 Å². The average Bonchev–Trinajstić information content (AvgIpc) is 3.22. The SMILES string of the molecule is O=C(Cl)C1C=CC2=C(C1)OC(COCC1CC1)CO2. The van der Waals surface area contributed by atoms with Crippen molar-refractivity contribution in [2.45, 2.75) is 25.4 Å². The number of carbonyl (C=O) groups excluding carboxylic acids is 1. The van der Waals surface area contributed by atoms with Crippen LogP contribution in [-0.2, 0) is 19.0 Å². The van der Waals surface area contributed by atoms with Gasteiger partial charge in [0.15, 0.2) is 11.9 Å². The minimum Gasteiger partial charge on any atom is -0.486 e. The first-order valence-corrected chi connectivity index (χ1v) is 7.08. The number of rotatable bonds is 5. The van der Waals surface area contributed by atoms with Gasteiger partial charge in [0.2, 0.25) is 5.24 Å². The summed E-state index contributed by atoms with van der Waals surface area (Å²) in [7, 11) is 0. The van der Waals surface area contributed by atoms with Gasteiger partial charge in [-0.1, -0.05) is 6.08 Å². The van der Waals surface area contributed by atoms with Gasteiger partial charge in [-0.3, -0.25) is 4.79 Å². The van der Waals surface area contributed by atoms with Crippen molar-refractivity contribution in [3.8, 4) is 0 Å². The Morgan fingerprint density at radius 2 is 2.26 bits per heavy atom. The van der Waals surface area contributed by atoms with E-state index in [-0.39, 0.29) is 17.3 Å². The standard InChI is InChI=1S/C14H17ClO4/c15-14(16)10-3-4-12-13(5-10)19-11(8-18-12)7-17-6-9-1-2-9/h3-4,9-11H,1-2,5-8H2. The van der Waals surface area contributed by atoms with E-state index in [1.54, 1.807) is 12.2 Å². The molecule has 0 saturated heterocycles. The summed E-state index contributed by atoms with van der Waals surface area (Å²) in [6, 6.07) is 0. The van der Waals surface area contributed by atoms with Gasteiger partial charge < -0.3 is 14.2 Å². The van der Waals surface area contributed by atoms with E-state index in [1.807, 2.05) is 0 Å². The third-order valence-electron chi connectivity index (χ3n) is 3.54. The average molecular weight is 285 g/mol. The fourth-order valence-electron chi connectivity index (χ4n) is 2.21. The van der Waals surface area contributed by atoms with Crippen LogP contribution < -0.4 is 0 Å². The van der Waals surface area contributed by atoms with Gasteiger partial charge >= 0.3 is 0 Å². The molecule has 0 radical (unpaired) electrons. The fourth-order valence-corrected chi connectivity index (χ4v) is 2.36. The molecule has 2 unspecified atom stereocenters. The lowest BCUT2D eigenvalue weighted by atomic mass is 9.99. The summed E-state index contributed by atoms with van der Waals surface area (Å²) >= 11 is 5.52. The third kappa shape index (κ3) is 3.31. The Balaban J connectivity index is 1.52. The van der Waals surface area contributed by atoms with E-state index in [1.165, 1.54) is 12.8 Å². The molecule has 104 valence electrons. The zero-order valence-corrected chi connectivity index (χ0v) is 11.4. The monoisotopic (exact) mass is 284 g/mol. The predicted molar refractivity (Wildman–Crippen MR) is 69.5 cm³/mol. The molecule has 1 fully saturated rings. The first kappa shape index (κ1) is 13.0. The maximum Gasteiger partial charge on any atom is 0.228 e. The highest BCUT2D eigenvalue weighted by molar-refractivity contribution is 6.64. The molecule has 5 heteroatoms. The van der Waals surface area contributed by atoms with Crippen LogP contribution in [0.1, 0.15) is 19.3 Å². The fraction of sp³-hybridized carbons (Fsp3) is 0.643. The molecule has 3 aliphatic rings. The van der Waals surface area contributed by atoms with E-state index in [2.05, 4.69) is 0 Å². The van der Waals surface area contributed by atoms with Crippen LogP contribution in [0.25, 0.3) is 0 Å². The number of ether oxygens (including phenoxy) is 3. The first-order valence-electron chi connectivity index (χ1n) is 6.70. The zero-order valence-electron chi connectivity index (χ0n) is 10.6. The Morgan fingerprint density at radius 1 is 1.42 bits per heavy atom. The van der Waals surface area contributed by atoms with E-state index >= 15 is 0 Å². The molecule has 1 heterocycles. The van der Waals surface area contributed by atoms with Crippen LogP contribution in [0.2, 0.25) is 0 Å². The second kappa shape index (κ2) is 5.55. The van der Waals surface area contributed by atoms with Gasteiger partial charge in [-0.2, -0.15) is 0 Å². The van der Waals surface area contributed by atoms with E-state index in [0.717, 1.165) is 12.5 Å². The van der Waals surface area contributed by atoms with Crippen molar-refractivity contribution in [2.24, 2.45) is 11.8 Å². The molecule has 0 bridgehead atoms. The lowest BCUT2D eigenvalue weighted by Gasteiger charge is -2.30. The van der Waals surface area contributed by atoms with Gasteiger partial charge in [-0.15, -0.1) is 0 Å². The summed E-state index contributed by atoms with van der Waals surface area (Å²) in [5, 5.41) is -0.362. The van der Waals surface area contributed by atoms with Crippen LogP contribution >= 0.6 is 11.6 Å². The molecular weight excluding hydrogens is 268 g/mol. The molecule has 0 aromatic heterocycles. The van der Waals surface area contributed by atoms with Crippen LogP contribution in [0.15, 0.2) is 23.7 Å². The maximum atomic E-state index is 11.2. The Kier molecular flexibility index (Phi) is 3.80. The van der Waals surface area contributed by atoms with Crippen LogP contribution in [-0.4, -0.2) is 31.2 Å². The molecule has 4 nitrogen and oxygen atoms in total. The Labute approximate surface area is 117 Å². The topological polar surface area (TPSA) is 44.8 Å². The number of hydrogen-bond donors (Lipinski definition) is 0. The summed E-state index contributed by atoms with van der Waals surface area (Å²) in [6.07, 6.45) is 6.48. The van der Waals surface area contributed by atoms with Crippen molar-refractivity contribution in [3.05, 3.63) is 23.7 Å². The molecule has 19 heavy (non-hydrogen) atoms. The third-order valence-corrected chi connectivity index (χ3v) is 3.82. The largest absolute Gasteiger partial charge is 0.486 e. The van der Waals surface area contributed by atoms with Crippen LogP contribution in [0, 0.1) is 11.8 Å². The summed E-state index contributed by atoms with van der Waals surface area (Å²) in [4.78, 5) is 11.2. The van der Waals surface area contributed by atoms with Crippen LogP contribution in [0.4, 0.5) is 0 Å². The van der Waals surface area contributed by atoms with Gasteiger partial charge in [0, 0.05) is 13.0 Å². The van der Waals surface area contributed by atoms with E-state index in [0.29, 0.717) is 31.2 Å². The molecule has 3 rings (SSSR count). The summed E-state index contributed by atoms with van der Waals surface area (Å²) in [5.41, 5.74) is 0. The number of hydrogen-bond acceptors (Lipinski definition) is 4. The second-order valence-corrected chi connectivity index (χ2v) is 5.67. The summed E-state index contributed by atoms with van der Waals surface area (Å²) in [5.74, 6) is 1.87. The molecular formula is C14H17ClO4. The molecule has 2 aliphatic carbocycles. The van der Waals surface area contributed by atoms with Crippen molar-refractivity contribution in [1.82, 2.24) is 0 Å².